The summed E-state index contributed by atoms with van der Waals surface area (Å²) >= 11 is 0. The number of esters is 1. The number of hydrogen-bond acceptors (Lipinski definition) is 5. The smallest absolute Gasteiger partial charge is 0.374 e. The Labute approximate surface area is 149 Å². The van der Waals surface area contributed by atoms with Crippen molar-refractivity contribution in [3.8, 4) is 0 Å². The van der Waals surface area contributed by atoms with Gasteiger partial charge in [0.1, 0.15) is 0 Å². The molecule has 3 aromatic rings. The van der Waals surface area contributed by atoms with Gasteiger partial charge in [-0.2, -0.15) is 0 Å². The lowest BCUT2D eigenvalue weighted by Crippen LogP contribution is -2.15. The first-order valence-electron chi connectivity index (χ1n) is 8.10. The average Bonchev–Trinajstić information content (AvgIpc) is 2.62. The predicted octanol–water partition coefficient (Wildman–Crippen LogP) is 3.61. The first-order chi connectivity index (χ1) is 12.5. The van der Waals surface area contributed by atoms with Crippen LogP contribution < -0.4 is 10.7 Å². The van der Waals surface area contributed by atoms with Crippen LogP contribution >= 0.6 is 0 Å². The van der Waals surface area contributed by atoms with Crippen molar-refractivity contribution < 1.29 is 18.7 Å². The molecule has 26 heavy (non-hydrogen) atoms. The molecule has 3 rings (SSSR count). The highest BCUT2D eigenvalue weighted by Crippen LogP contribution is 2.23. The van der Waals surface area contributed by atoms with Crippen LogP contribution in [-0.4, -0.2) is 18.0 Å². The molecule has 6 nitrogen and oxygen atoms in total. The van der Waals surface area contributed by atoms with E-state index in [1.54, 1.807) is 62.4 Å². The van der Waals surface area contributed by atoms with Gasteiger partial charge in [0.25, 0.3) is 5.91 Å². The number of nitrogens with one attached hydrogen (secondary N) is 1. The van der Waals surface area contributed by atoms with Crippen molar-refractivity contribution in [1.82, 2.24) is 0 Å². The minimum atomic E-state index is -0.733. The number of amides is 1. The minimum Gasteiger partial charge on any atom is -0.457 e. The summed E-state index contributed by atoms with van der Waals surface area (Å²) in [5.41, 5.74) is 0.493. The van der Waals surface area contributed by atoms with E-state index in [2.05, 4.69) is 5.32 Å². The van der Waals surface area contributed by atoms with Gasteiger partial charge in [-0.1, -0.05) is 24.3 Å². The van der Waals surface area contributed by atoms with E-state index in [-0.39, 0.29) is 28.7 Å². The topological polar surface area (TPSA) is 85.6 Å². The van der Waals surface area contributed by atoms with Gasteiger partial charge in [0.05, 0.1) is 17.2 Å². The van der Waals surface area contributed by atoms with Crippen molar-refractivity contribution in [2.45, 2.75) is 20.0 Å². The van der Waals surface area contributed by atoms with E-state index in [0.717, 1.165) is 6.07 Å². The zero-order valence-electron chi connectivity index (χ0n) is 14.3. The molecule has 0 saturated heterocycles. The number of carbonyl (C=O) groups excluding carboxylic acids is 2. The summed E-state index contributed by atoms with van der Waals surface area (Å²) in [4.78, 5) is 36.8. The largest absolute Gasteiger partial charge is 0.457 e. The summed E-state index contributed by atoms with van der Waals surface area (Å²) in [5.74, 6) is -1.29. The van der Waals surface area contributed by atoms with Crippen molar-refractivity contribution in [2.75, 3.05) is 5.32 Å². The first kappa shape index (κ1) is 17.4. The van der Waals surface area contributed by atoms with Crippen LogP contribution in [0, 0.1) is 0 Å². The Morgan fingerprint density at radius 1 is 1.04 bits per heavy atom. The van der Waals surface area contributed by atoms with Crippen LogP contribution in [0.3, 0.4) is 0 Å². The zero-order chi connectivity index (χ0) is 18.7. The number of benzene rings is 2. The zero-order valence-corrected chi connectivity index (χ0v) is 14.3. The Bertz CT molecular complexity index is 1020. The van der Waals surface area contributed by atoms with Gasteiger partial charge in [0.2, 0.25) is 5.76 Å². The quantitative estimate of drug-likeness (QED) is 0.726. The number of para-hydroxylation sites is 1. The van der Waals surface area contributed by atoms with Crippen LogP contribution in [0.1, 0.15) is 34.8 Å². The molecule has 0 spiro atoms. The van der Waals surface area contributed by atoms with E-state index in [4.69, 9.17) is 9.15 Å². The van der Waals surface area contributed by atoms with Gasteiger partial charge in [0.15, 0.2) is 11.0 Å². The third kappa shape index (κ3) is 3.64. The van der Waals surface area contributed by atoms with Gasteiger partial charge in [-0.05, 0) is 38.1 Å². The Morgan fingerprint density at radius 3 is 2.46 bits per heavy atom. The van der Waals surface area contributed by atoms with Crippen molar-refractivity contribution in [2.24, 2.45) is 0 Å². The highest BCUT2D eigenvalue weighted by atomic mass is 16.6. The maximum absolute atomic E-state index is 12.4. The molecule has 0 radical (unpaired) electrons. The molecule has 6 heteroatoms. The second-order valence-corrected chi connectivity index (χ2v) is 5.93. The molecule has 0 fully saturated rings. The summed E-state index contributed by atoms with van der Waals surface area (Å²) in [6.45, 7) is 3.39. The third-order valence-corrected chi connectivity index (χ3v) is 3.58. The molecule has 2 aromatic carbocycles. The lowest BCUT2D eigenvalue weighted by molar-refractivity contribution is 0.0342. The Morgan fingerprint density at radius 2 is 1.77 bits per heavy atom. The molecule has 0 aliphatic heterocycles. The lowest BCUT2D eigenvalue weighted by Gasteiger charge is -2.10. The van der Waals surface area contributed by atoms with E-state index < -0.39 is 11.4 Å². The number of hydrogen-bond donors (Lipinski definition) is 1. The molecule has 0 unspecified atom stereocenters. The van der Waals surface area contributed by atoms with Crippen LogP contribution in [0.2, 0.25) is 0 Å². The van der Waals surface area contributed by atoms with Gasteiger partial charge >= 0.3 is 5.97 Å². The third-order valence-electron chi connectivity index (χ3n) is 3.58. The molecule has 132 valence electrons. The van der Waals surface area contributed by atoms with Crippen LogP contribution in [0.4, 0.5) is 5.69 Å². The van der Waals surface area contributed by atoms with Gasteiger partial charge in [-0.3, -0.25) is 9.59 Å². The number of fused-ring (bicyclic) bond motifs is 1. The lowest BCUT2D eigenvalue weighted by atomic mass is 10.1. The van der Waals surface area contributed by atoms with E-state index in [1.807, 2.05) is 0 Å². The van der Waals surface area contributed by atoms with E-state index in [9.17, 15) is 14.4 Å². The highest BCUT2D eigenvalue weighted by molar-refractivity contribution is 6.08. The van der Waals surface area contributed by atoms with Crippen molar-refractivity contribution in [1.29, 1.82) is 0 Å². The number of carbonyl (C=O) groups is 2. The fraction of sp³-hybridized carbons (Fsp3) is 0.150. The molecule has 0 atom stereocenters. The molecular formula is C20H17NO5. The van der Waals surface area contributed by atoms with Crippen LogP contribution in [0.25, 0.3) is 11.0 Å². The van der Waals surface area contributed by atoms with Gasteiger partial charge < -0.3 is 14.5 Å². The number of rotatable bonds is 4. The average molecular weight is 351 g/mol. The molecule has 1 heterocycles. The maximum Gasteiger partial charge on any atom is 0.374 e. The summed E-state index contributed by atoms with van der Waals surface area (Å²) in [5, 5.41) is 2.97. The van der Waals surface area contributed by atoms with E-state index >= 15 is 0 Å². The second-order valence-electron chi connectivity index (χ2n) is 5.93. The monoisotopic (exact) mass is 351 g/mol. The Hall–Kier alpha value is -3.41. The molecule has 1 amide bonds. The predicted molar refractivity (Wildman–Crippen MR) is 97.4 cm³/mol. The molecule has 0 bridgehead atoms. The van der Waals surface area contributed by atoms with E-state index in [1.165, 1.54) is 0 Å². The molecule has 0 saturated carbocycles. The first-order valence-corrected chi connectivity index (χ1v) is 8.10. The molecule has 1 aromatic heterocycles. The number of anilines is 1. The molecule has 1 N–H and O–H groups in total. The fourth-order valence-electron chi connectivity index (χ4n) is 2.43. The fourth-order valence-corrected chi connectivity index (χ4v) is 2.43. The number of ether oxygens (including phenoxy) is 1. The van der Waals surface area contributed by atoms with Crippen molar-refractivity contribution >= 4 is 28.5 Å². The van der Waals surface area contributed by atoms with Gasteiger partial charge in [-0.15, -0.1) is 0 Å². The second kappa shape index (κ2) is 7.23. The Kier molecular flexibility index (Phi) is 4.84. The maximum atomic E-state index is 12.4. The molecule has 0 aliphatic carbocycles. The van der Waals surface area contributed by atoms with Crippen LogP contribution in [0.15, 0.2) is 63.8 Å². The minimum absolute atomic E-state index is 0.125. The summed E-state index contributed by atoms with van der Waals surface area (Å²) < 4.78 is 10.7. The summed E-state index contributed by atoms with van der Waals surface area (Å²) in [6.07, 6.45) is -0.350. The molecular weight excluding hydrogens is 334 g/mol. The van der Waals surface area contributed by atoms with Gasteiger partial charge in [0, 0.05) is 11.6 Å². The van der Waals surface area contributed by atoms with E-state index in [0.29, 0.717) is 11.3 Å². The molecule has 0 aliphatic rings. The van der Waals surface area contributed by atoms with Crippen LogP contribution in [0.5, 0.6) is 0 Å². The van der Waals surface area contributed by atoms with Crippen molar-refractivity contribution in [3.63, 3.8) is 0 Å². The summed E-state index contributed by atoms with van der Waals surface area (Å²) in [7, 11) is 0. The van der Waals surface area contributed by atoms with Gasteiger partial charge in [-0.25, -0.2) is 4.79 Å². The normalized spacial score (nSPS) is 10.7. The Balaban J connectivity index is 2.03. The van der Waals surface area contributed by atoms with Crippen molar-refractivity contribution in [3.05, 3.63) is 76.1 Å². The highest BCUT2D eigenvalue weighted by Gasteiger charge is 2.17. The summed E-state index contributed by atoms with van der Waals surface area (Å²) in [6, 6.07) is 14.5. The standard InChI is InChI=1S/C20H17NO5/c1-12(2)25-20(24)17-11-16(22)14-9-6-10-15(18(14)26-17)21-19(23)13-7-4-3-5-8-13/h3-12H,1-2H3,(H,21,23). The van der Waals surface area contributed by atoms with Crippen LogP contribution in [-0.2, 0) is 4.74 Å². The SMILES string of the molecule is CC(C)OC(=O)c1cc(=O)c2cccc(NC(=O)c3ccccc3)c2o1.